The number of benzene rings is 1. The molecule has 4 rings (SSSR count). The smallest absolute Gasteiger partial charge is 0.123 e. The molecule has 158 valence electrons. The molecule has 1 atom stereocenters. The molecule has 1 unspecified atom stereocenters. The average molecular weight is 402 g/mol. The molecule has 0 radical (unpaired) electrons. The zero-order valence-corrected chi connectivity index (χ0v) is 17.4. The highest BCUT2D eigenvalue weighted by atomic mass is 19.1. The van der Waals surface area contributed by atoms with E-state index in [1.54, 1.807) is 12.1 Å². The van der Waals surface area contributed by atoms with Gasteiger partial charge in [0.05, 0.1) is 18.9 Å². The molecule has 1 aliphatic heterocycles. The standard InChI is InChI=1S/C23H32FN3O2/c1-26-20(11-13-28-21-9-7-19(24)8-10-21)15-22(25-26)23-17-27(12-14-29-23)16-18-5-3-2-4-6-18/h7-10,15,18,23H,2-6,11-14,16-17H2,1H3. The molecule has 1 aliphatic carbocycles. The number of ether oxygens (including phenoxy) is 2. The Labute approximate surface area is 172 Å². The molecule has 0 spiro atoms. The van der Waals surface area contributed by atoms with Crippen LogP contribution in [0.5, 0.6) is 5.75 Å². The number of aryl methyl sites for hydroxylation is 1. The lowest BCUT2D eigenvalue weighted by Crippen LogP contribution is -2.41. The number of morpholine rings is 1. The van der Waals surface area contributed by atoms with Gasteiger partial charge >= 0.3 is 0 Å². The first-order chi connectivity index (χ1) is 14.2. The summed E-state index contributed by atoms with van der Waals surface area (Å²) >= 11 is 0. The maximum Gasteiger partial charge on any atom is 0.123 e. The van der Waals surface area contributed by atoms with Crippen LogP contribution in [-0.2, 0) is 18.2 Å². The molecule has 2 fully saturated rings. The van der Waals surface area contributed by atoms with Crippen LogP contribution in [0.1, 0.15) is 49.6 Å². The predicted molar refractivity (Wildman–Crippen MR) is 111 cm³/mol. The monoisotopic (exact) mass is 401 g/mol. The quantitative estimate of drug-likeness (QED) is 0.699. The van der Waals surface area contributed by atoms with Crippen molar-refractivity contribution >= 4 is 0 Å². The first kappa shape index (κ1) is 20.4. The molecule has 1 saturated carbocycles. The Morgan fingerprint density at radius 2 is 1.97 bits per heavy atom. The van der Waals surface area contributed by atoms with Crippen LogP contribution in [0.15, 0.2) is 30.3 Å². The van der Waals surface area contributed by atoms with Crippen LogP contribution in [-0.4, -0.2) is 47.5 Å². The Balaban J connectivity index is 1.29. The lowest BCUT2D eigenvalue weighted by Gasteiger charge is -2.35. The van der Waals surface area contributed by atoms with Gasteiger partial charge in [0, 0.05) is 38.8 Å². The van der Waals surface area contributed by atoms with Gasteiger partial charge in [0.15, 0.2) is 0 Å². The van der Waals surface area contributed by atoms with Gasteiger partial charge in [-0.1, -0.05) is 19.3 Å². The summed E-state index contributed by atoms with van der Waals surface area (Å²) in [5.41, 5.74) is 2.13. The average Bonchev–Trinajstić information content (AvgIpc) is 3.11. The number of halogens is 1. The summed E-state index contributed by atoms with van der Waals surface area (Å²) in [6.45, 7) is 4.46. The van der Waals surface area contributed by atoms with Crippen molar-refractivity contribution in [3.63, 3.8) is 0 Å². The fraction of sp³-hybridized carbons (Fsp3) is 0.609. The van der Waals surface area contributed by atoms with E-state index in [4.69, 9.17) is 14.6 Å². The number of hydrogen-bond acceptors (Lipinski definition) is 4. The first-order valence-corrected chi connectivity index (χ1v) is 10.9. The van der Waals surface area contributed by atoms with Crippen LogP contribution < -0.4 is 4.74 Å². The number of hydrogen-bond donors (Lipinski definition) is 0. The van der Waals surface area contributed by atoms with Gasteiger partial charge < -0.3 is 9.47 Å². The number of aromatic nitrogens is 2. The molecular weight excluding hydrogens is 369 g/mol. The molecule has 1 aromatic heterocycles. The normalized spacial score (nSPS) is 21.4. The van der Waals surface area contributed by atoms with E-state index in [1.807, 2.05) is 11.7 Å². The van der Waals surface area contributed by atoms with Gasteiger partial charge in [-0.2, -0.15) is 5.10 Å². The maximum absolute atomic E-state index is 13.0. The van der Waals surface area contributed by atoms with Crippen LogP contribution in [0.4, 0.5) is 4.39 Å². The lowest BCUT2D eigenvalue weighted by molar-refractivity contribution is -0.0381. The Morgan fingerprint density at radius 3 is 2.76 bits per heavy atom. The van der Waals surface area contributed by atoms with Crippen LogP contribution in [0.2, 0.25) is 0 Å². The van der Waals surface area contributed by atoms with Crippen molar-refractivity contribution in [2.75, 3.05) is 32.8 Å². The Bertz CT molecular complexity index is 771. The van der Waals surface area contributed by atoms with Gasteiger partial charge in [0.1, 0.15) is 17.7 Å². The van der Waals surface area contributed by atoms with E-state index >= 15 is 0 Å². The van der Waals surface area contributed by atoms with E-state index in [9.17, 15) is 4.39 Å². The molecule has 6 heteroatoms. The Kier molecular flexibility index (Phi) is 6.82. The number of nitrogens with zero attached hydrogens (tertiary/aromatic N) is 3. The summed E-state index contributed by atoms with van der Waals surface area (Å²) in [7, 11) is 1.97. The van der Waals surface area contributed by atoms with Crippen molar-refractivity contribution in [1.29, 1.82) is 0 Å². The summed E-state index contributed by atoms with van der Waals surface area (Å²) in [6.07, 6.45) is 7.74. The Morgan fingerprint density at radius 1 is 1.17 bits per heavy atom. The zero-order chi connectivity index (χ0) is 20.1. The molecule has 2 heterocycles. The highest BCUT2D eigenvalue weighted by Gasteiger charge is 2.26. The molecule has 2 aromatic rings. The van der Waals surface area contributed by atoms with Gasteiger partial charge in [-0.05, 0) is 49.1 Å². The van der Waals surface area contributed by atoms with Crippen LogP contribution in [0.3, 0.4) is 0 Å². The molecule has 1 saturated heterocycles. The minimum atomic E-state index is -0.251. The molecule has 29 heavy (non-hydrogen) atoms. The third-order valence-electron chi connectivity index (χ3n) is 6.16. The highest BCUT2D eigenvalue weighted by Crippen LogP contribution is 2.27. The first-order valence-electron chi connectivity index (χ1n) is 10.9. The molecule has 2 aliphatic rings. The maximum atomic E-state index is 13.0. The van der Waals surface area contributed by atoms with Crippen LogP contribution in [0, 0.1) is 11.7 Å². The summed E-state index contributed by atoms with van der Waals surface area (Å²) in [4.78, 5) is 2.57. The van der Waals surface area contributed by atoms with Crippen molar-refractivity contribution in [3.05, 3.63) is 47.5 Å². The van der Waals surface area contributed by atoms with Crippen LogP contribution >= 0.6 is 0 Å². The van der Waals surface area contributed by atoms with Crippen molar-refractivity contribution in [1.82, 2.24) is 14.7 Å². The second kappa shape index (κ2) is 9.72. The second-order valence-electron chi connectivity index (χ2n) is 8.36. The molecule has 1 aromatic carbocycles. The van der Waals surface area contributed by atoms with Crippen LogP contribution in [0.25, 0.3) is 0 Å². The van der Waals surface area contributed by atoms with E-state index in [0.717, 1.165) is 43.4 Å². The van der Waals surface area contributed by atoms with Gasteiger partial charge in [-0.25, -0.2) is 4.39 Å². The summed E-state index contributed by atoms with van der Waals surface area (Å²) < 4.78 is 26.7. The summed E-state index contributed by atoms with van der Waals surface area (Å²) in [5.74, 6) is 1.28. The molecule has 0 bridgehead atoms. The van der Waals surface area contributed by atoms with Crippen molar-refractivity contribution in [3.8, 4) is 5.75 Å². The minimum absolute atomic E-state index is 0.0466. The topological polar surface area (TPSA) is 39.5 Å². The molecule has 0 amide bonds. The SMILES string of the molecule is Cn1nc(C2CN(CC3CCCCC3)CCO2)cc1CCOc1ccc(F)cc1. The van der Waals surface area contributed by atoms with Crippen molar-refractivity contribution < 1.29 is 13.9 Å². The summed E-state index contributed by atoms with van der Waals surface area (Å²) in [5, 5.41) is 4.71. The zero-order valence-electron chi connectivity index (χ0n) is 17.4. The Hall–Kier alpha value is -1.92. The van der Waals surface area contributed by atoms with E-state index in [0.29, 0.717) is 12.4 Å². The van der Waals surface area contributed by atoms with Crippen molar-refractivity contribution in [2.24, 2.45) is 13.0 Å². The van der Waals surface area contributed by atoms with Crippen molar-refractivity contribution in [2.45, 2.75) is 44.6 Å². The van der Waals surface area contributed by atoms with E-state index in [1.165, 1.54) is 50.8 Å². The summed E-state index contributed by atoms with van der Waals surface area (Å²) in [6, 6.07) is 8.28. The minimum Gasteiger partial charge on any atom is -0.493 e. The van der Waals surface area contributed by atoms with Gasteiger partial charge in [0.25, 0.3) is 0 Å². The fourth-order valence-electron chi connectivity index (χ4n) is 4.51. The highest BCUT2D eigenvalue weighted by molar-refractivity contribution is 5.22. The van der Waals surface area contributed by atoms with E-state index in [2.05, 4.69) is 11.0 Å². The molecular formula is C23H32FN3O2. The van der Waals surface area contributed by atoms with E-state index < -0.39 is 0 Å². The third kappa shape index (κ3) is 5.58. The third-order valence-corrected chi connectivity index (χ3v) is 6.16. The lowest BCUT2D eigenvalue weighted by atomic mass is 9.89. The van der Waals surface area contributed by atoms with Gasteiger partial charge in [-0.15, -0.1) is 0 Å². The predicted octanol–water partition coefficient (Wildman–Crippen LogP) is 4.13. The fourth-order valence-corrected chi connectivity index (χ4v) is 4.51. The molecule has 5 nitrogen and oxygen atoms in total. The largest absolute Gasteiger partial charge is 0.493 e. The van der Waals surface area contributed by atoms with Gasteiger partial charge in [-0.3, -0.25) is 9.58 Å². The number of rotatable bonds is 7. The molecule has 0 N–H and O–H groups in total. The van der Waals surface area contributed by atoms with E-state index in [-0.39, 0.29) is 11.9 Å². The second-order valence-corrected chi connectivity index (χ2v) is 8.36. The van der Waals surface area contributed by atoms with Gasteiger partial charge in [0.2, 0.25) is 0 Å².